The van der Waals surface area contributed by atoms with Crippen LogP contribution in [0.1, 0.15) is 17.2 Å². The van der Waals surface area contributed by atoms with E-state index in [9.17, 15) is 9.50 Å². The summed E-state index contributed by atoms with van der Waals surface area (Å²) in [6, 6.07) is 16.5. The maximum atomic E-state index is 13.3. The van der Waals surface area contributed by atoms with E-state index in [2.05, 4.69) is 34.1 Å². The summed E-state index contributed by atoms with van der Waals surface area (Å²) in [5.74, 6) is -0.299. The number of halogens is 1. The Kier molecular flexibility index (Phi) is 6.34. The van der Waals surface area contributed by atoms with Gasteiger partial charge in [0.25, 0.3) is 0 Å². The standard InChI is InChI=1S/C21H25FN2O/c22-20-10-4-9-19(16-20)21(25)17-24-14-12-23(13-15-24)11-5-8-18-6-2-1-3-7-18/h1-10,16,21,25H,11-15,17H2/b8-5+/t21-/m1/s1. The summed E-state index contributed by atoms with van der Waals surface area (Å²) in [5.41, 5.74) is 1.87. The first kappa shape index (κ1) is 17.8. The molecule has 0 aliphatic carbocycles. The van der Waals surface area contributed by atoms with Crippen LogP contribution in [0.25, 0.3) is 6.08 Å². The van der Waals surface area contributed by atoms with E-state index in [1.807, 2.05) is 18.2 Å². The molecule has 2 aromatic carbocycles. The number of aliphatic hydroxyl groups is 1. The van der Waals surface area contributed by atoms with Crippen LogP contribution >= 0.6 is 0 Å². The van der Waals surface area contributed by atoms with E-state index in [-0.39, 0.29) is 5.82 Å². The second-order valence-electron chi connectivity index (χ2n) is 6.49. The predicted octanol–water partition coefficient (Wildman–Crippen LogP) is 3.19. The van der Waals surface area contributed by atoms with Gasteiger partial charge in [0.1, 0.15) is 5.82 Å². The van der Waals surface area contributed by atoms with Crippen molar-refractivity contribution >= 4 is 6.08 Å². The van der Waals surface area contributed by atoms with Gasteiger partial charge >= 0.3 is 0 Å². The third-order valence-electron chi connectivity index (χ3n) is 4.60. The van der Waals surface area contributed by atoms with Crippen molar-refractivity contribution in [3.63, 3.8) is 0 Å². The van der Waals surface area contributed by atoms with Crippen molar-refractivity contribution in [3.8, 4) is 0 Å². The number of hydrogen-bond donors (Lipinski definition) is 1. The van der Waals surface area contributed by atoms with Crippen LogP contribution in [0.2, 0.25) is 0 Å². The Morgan fingerprint density at radius 3 is 2.40 bits per heavy atom. The Morgan fingerprint density at radius 2 is 1.68 bits per heavy atom. The molecular formula is C21H25FN2O. The third kappa shape index (κ3) is 5.49. The molecule has 0 amide bonds. The van der Waals surface area contributed by atoms with Gasteiger partial charge in [-0.05, 0) is 23.3 Å². The lowest BCUT2D eigenvalue weighted by atomic mass is 10.1. The van der Waals surface area contributed by atoms with E-state index in [0.29, 0.717) is 12.1 Å². The summed E-state index contributed by atoms with van der Waals surface area (Å²) in [6.45, 7) is 5.30. The summed E-state index contributed by atoms with van der Waals surface area (Å²) in [6.07, 6.45) is 3.72. The molecule has 0 saturated carbocycles. The predicted molar refractivity (Wildman–Crippen MR) is 99.7 cm³/mol. The van der Waals surface area contributed by atoms with Crippen LogP contribution in [0.15, 0.2) is 60.7 Å². The Morgan fingerprint density at radius 1 is 0.960 bits per heavy atom. The normalized spacial score (nSPS) is 17.8. The number of β-amino-alcohol motifs (C(OH)–C–C–N with tert-alkyl or cyclic N) is 1. The number of hydrogen-bond acceptors (Lipinski definition) is 3. The lowest BCUT2D eigenvalue weighted by molar-refractivity contribution is 0.0762. The van der Waals surface area contributed by atoms with Crippen LogP contribution in [0, 0.1) is 5.82 Å². The number of nitrogens with zero attached hydrogens (tertiary/aromatic N) is 2. The smallest absolute Gasteiger partial charge is 0.123 e. The zero-order chi connectivity index (χ0) is 17.5. The fraction of sp³-hybridized carbons (Fsp3) is 0.333. The minimum Gasteiger partial charge on any atom is -0.387 e. The fourth-order valence-electron chi connectivity index (χ4n) is 3.12. The summed E-state index contributed by atoms with van der Waals surface area (Å²) in [5, 5.41) is 10.3. The largest absolute Gasteiger partial charge is 0.387 e. The summed E-state index contributed by atoms with van der Waals surface area (Å²) in [4.78, 5) is 4.65. The molecular weight excluding hydrogens is 315 g/mol. The van der Waals surface area contributed by atoms with Gasteiger partial charge in [0.05, 0.1) is 6.10 Å². The van der Waals surface area contributed by atoms with Crippen LogP contribution < -0.4 is 0 Å². The van der Waals surface area contributed by atoms with Crippen molar-refractivity contribution < 1.29 is 9.50 Å². The molecule has 3 rings (SSSR count). The van der Waals surface area contributed by atoms with E-state index in [1.165, 1.54) is 17.7 Å². The molecule has 3 nitrogen and oxygen atoms in total. The highest BCUT2D eigenvalue weighted by Gasteiger charge is 2.19. The van der Waals surface area contributed by atoms with Crippen LogP contribution in [0.4, 0.5) is 4.39 Å². The van der Waals surface area contributed by atoms with E-state index < -0.39 is 6.10 Å². The lowest BCUT2D eigenvalue weighted by Gasteiger charge is -2.35. The number of aliphatic hydroxyl groups excluding tert-OH is 1. The van der Waals surface area contributed by atoms with Crippen molar-refractivity contribution in [1.82, 2.24) is 9.80 Å². The van der Waals surface area contributed by atoms with Gasteiger partial charge < -0.3 is 5.11 Å². The quantitative estimate of drug-likeness (QED) is 0.875. The van der Waals surface area contributed by atoms with E-state index >= 15 is 0 Å². The van der Waals surface area contributed by atoms with E-state index in [0.717, 1.165) is 32.7 Å². The van der Waals surface area contributed by atoms with Gasteiger partial charge in [-0.15, -0.1) is 0 Å². The van der Waals surface area contributed by atoms with Crippen molar-refractivity contribution in [2.75, 3.05) is 39.3 Å². The lowest BCUT2D eigenvalue weighted by Crippen LogP contribution is -2.47. The Bertz CT molecular complexity index is 681. The van der Waals surface area contributed by atoms with Crippen LogP contribution in [0.3, 0.4) is 0 Å². The topological polar surface area (TPSA) is 26.7 Å². The van der Waals surface area contributed by atoms with Gasteiger partial charge in [-0.25, -0.2) is 4.39 Å². The third-order valence-corrected chi connectivity index (χ3v) is 4.60. The zero-order valence-electron chi connectivity index (χ0n) is 14.4. The second-order valence-corrected chi connectivity index (χ2v) is 6.49. The minimum absolute atomic E-state index is 0.299. The van der Waals surface area contributed by atoms with E-state index in [1.54, 1.807) is 12.1 Å². The van der Waals surface area contributed by atoms with Crippen molar-refractivity contribution in [1.29, 1.82) is 0 Å². The van der Waals surface area contributed by atoms with E-state index in [4.69, 9.17) is 0 Å². The fourth-order valence-corrected chi connectivity index (χ4v) is 3.12. The molecule has 0 aromatic heterocycles. The maximum absolute atomic E-state index is 13.3. The monoisotopic (exact) mass is 340 g/mol. The van der Waals surface area contributed by atoms with Gasteiger partial charge in [-0.2, -0.15) is 0 Å². The minimum atomic E-state index is -0.639. The highest BCUT2D eigenvalue weighted by atomic mass is 19.1. The molecule has 4 heteroatoms. The summed E-state index contributed by atoms with van der Waals surface area (Å²) < 4.78 is 13.3. The molecule has 1 atom stereocenters. The molecule has 1 heterocycles. The second kappa shape index (κ2) is 8.90. The SMILES string of the molecule is O[C@H](CN1CCN(C/C=C/c2ccccc2)CC1)c1cccc(F)c1. The Labute approximate surface area is 149 Å². The van der Waals surface area contributed by atoms with Gasteiger partial charge in [0.2, 0.25) is 0 Å². The average molecular weight is 340 g/mol. The molecule has 0 radical (unpaired) electrons. The van der Waals surface area contributed by atoms with Gasteiger partial charge in [0.15, 0.2) is 0 Å². The molecule has 1 N–H and O–H groups in total. The molecule has 0 spiro atoms. The van der Waals surface area contributed by atoms with Crippen LogP contribution in [0.5, 0.6) is 0 Å². The zero-order valence-corrected chi connectivity index (χ0v) is 14.4. The molecule has 25 heavy (non-hydrogen) atoms. The summed E-state index contributed by atoms with van der Waals surface area (Å²) >= 11 is 0. The van der Waals surface area contributed by atoms with Crippen molar-refractivity contribution in [2.24, 2.45) is 0 Å². The molecule has 0 unspecified atom stereocenters. The first-order valence-corrected chi connectivity index (χ1v) is 8.80. The average Bonchev–Trinajstić information content (AvgIpc) is 2.64. The van der Waals surface area contributed by atoms with Gasteiger partial charge in [-0.3, -0.25) is 9.80 Å². The highest BCUT2D eigenvalue weighted by molar-refractivity contribution is 5.48. The van der Waals surface area contributed by atoms with Gasteiger partial charge in [-0.1, -0.05) is 54.6 Å². The molecule has 1 aliphatic rings. The molecule has 0 bridgehead atoms. The highest BCUT2D eigenvalue weighted by Crippen LogP contribution is 2.16. The maximum Gasteiger partial charge on any atom is 0.123 e. The Hall–Kier alpha value is -2.01. The number of benzene rings is 2. The number of rotatable bonds is 6. The number of piperazine rings is 1. The molecule has 132 valence electrons. The summed E-state index contributed by atoms with van der Waals surface area (Å²) in [7, 11) is 0. The first-order chi connectivity index (χ1) is 12.2. The molecule has 1 saturated heterocycles. The van der Waals surface area contributed by atoms with Crippen molar-refractivity contribution in [2.45, 2.75) is 6.10 Å². The van der Waals surface area contributed by atoms with Crippen LogP contribution in [-0.2, 0) is 0 Å². The molecule has 1 aliphatic heterocycles. The first-order valence-electron chi connectivity index (χ1n) is 8.80. The van der Waals surface area contributed by atoms with Gasteiger partial charge in [0, 0.05) is 39.3 Å². The molecule has 1 fully saturated rings. The molecule has 2 aromatic rings. The Balaban J connectivity index is 1.42. The van der Waals surface area contributed by atoms with Crippen molar-refractivity contribution in [3.05, 3.63) is 77.6 Å². The van der Waals surface area contributed by atoms with Crippen LogP contribution in [-0.4, -0.2) is 54.2 Å².